The van der Waals surface area contributed by atoms with E-state index in [4.69, 9.17) is 25.8 Å². The predicted molar refractivity (Wildman–Crippen MR) is 103 cm³/mol. The molecule has 4 atom stereocenters. The maximum absolute atomic E-state index is 12.5. The van der Waals surface area contributed by atoms with Crippen molar-refractivity contribution in [1.82, 2.24) is 4.98 Å². The molecule has 0 bridgehead atoms. The molecule has 1 aliphatic rings. The van der Waals surface area contributed by atoms with Gasteiger partial charge in [-0.15, -0.1) is 0 Å². The van der Waals surface area contributed by atoms with Crippen LogP contribution in [0.1, 0.15) is 22.3 Å². The van der Waals surface area contributed by atoms with Crippen LogP contribution in [-0.2, 0) is 19.8 Å². The van der Waals surface area contributed by atoms with Crippen LogP contribution in [-0.4, -0.2) is 47.0 Å². The summed E-state index contributed by atoms with van der Waals surface area (Å²) in [6, 6.07) is 11.9. The molecule has 1 saturated heterocycles. The molecule has 144 valence electrons. The Labute approximate surface area is 170 Å². The van der Waals surface area contributed by atoms with Crippen LogP contribution in [0, 0.1) is 0 Å². The molecule has 0 amide bonds. The number of hydrogen-bond acceptors (Lipinski definition) is 6. The number of ether oxygens (including phenoxy) is 3. The molecular formula is C19H19BrClNO5. The second kappa shape index (κ2) is 8.67. The lowest BCUT2D eigenvalue weighted by Crippen LogP contribution is -2.56. The topological polar surface area (TPSA) is 77.9 Å². The third kappa shape index (κ3) is 4.33. The molecular weight excluding hydrogens is 438 g/mol. The van der Waals surface area contributed by atoms with Crippen molar-refractivity contribution in [3.63, 3.8) is 0 Å². The number of carbonyl (C=O) groups is 1. The third-order valence-corrected chi connectivity index (χ3v) is 5.34. The van der Waals surface area contributed by atoms with Gasteiger partial charge in [-0.05, 0) is 18.2 Å². The SMILES string of the molecule is CO[C@H]1O[C@H](CBr)[C@@H](OC(=O)c2ccccc2)C[C@]1(O)c1ccc(Cl)nc1. The second-order valence-corrected chi connectivity index (χ2v) is 7.24. The van der Waals surface area contributed by atoms with Crippen molar-refractivity contribution in [3.05, 3.63) is 64.9 Å². The number of methoxy groups -OCH3 is 1. The number of aromatic nitrogens is 1. The van der Waals surface area contributed by atoms with Gasteiger partial charge in [0.25, 0.3) is 0 Å². The molecule has 1 aromatic heterocycles. The number of halogens is 2. The molecule has 0 aliphatic carbocycles. The Morgan fingerprint density at radius 2 is 2.11 bits per heavy atom. The molecule has 1 aliphatic heterocycles. The monoisotopic (exact) mass is 455 g/mol. The standard InChI is InChI=1S/C19H19BrClNO5/c1-25-18-19(24,13-7-8-16(21)22-11-13)9-14(15(10-20)27-18)26-17(23)12-5-3-2-4-6-12/h2-8,11,14-15,18,24H,9-10H2,1H3/t14-,15+,18-,19-/m0/s1. The van der Waals surface area contributed by atoms with Gasteiger partial charge in [-0.3, -0.25) is 0 Å². The molecule has 8 heteroatoms. The summed E-state index contributed by atoms with van der Waals surface area (Å²) in [5.41, 5.74) is -0.656. The molecule has 1 fully saturated rings. The van der Waals surface area contributed by atoms with Crippen molar-refractivity contribution >= 4 is 33.5 Å². The normalized spacial score (nSPS) is 27.9. The third-order valence-electron chi connectivity index (χ3n) is 4.48. The maximum atomic E-state index is 12.5. The van der Waals surface area contributed by atoms with E-state index in [2.05, 4.69) is 20.9 Å². The molecule has 1 aromatic carbocycles. The molecule has 2 heterocycles. The highest BCUT2D eigenvalue weighted by atomic mass is 79.9. The molecule has 0 saturated carbocycles. The fourth-order valence-electron chi connectivity index (χ4n) is 3.06. The lowest BCUT2D eigenvalue weighted by atomic mass is 9.84. The van der Waals surface area contributed by atoms with Crippen LogP contribution in [0.5, 0.6) is 0 Å². The second-order valence-electron chi connectivity index (χ2n) is 6.20. The van der Waals surface area contributed by atoms with Gasteiger partial charge in [0.15, 0.2) is 6.29 Å². The fraction of sp³-hybridized carbons (Fsp3) is 0.368. The molecule has 0 unspecified atom stereocenters. The fourth-order valence-corrected chi connectivity index (χ4v) is 3.74. The Morgan fingerprint density at radius 3 is 2.70 bits per heavy atom. The van der Waals surface area contributed by atoms with Gasteiger partial charge < -0.3 is 19.3 Å². The lowest BCUT2D eigenvalue weighted by molar-refractivity contribution is -0.297. The van der Waals surface area contributed by atoms with Gasteiger partial charge in [0, 0.05) is 30.6 Å². The Kier molecular flexibility index (Phi) is 6.49. The van der Waals surface area contributed by atoms with Crippen molar-refractivity contribution in [2.75, 3.05) is 12.4 Å². The number of esters is 1. The minimum absolute atomic E-state index is 0.0870. The molecule has 3 rings (SSSR count). The van der Waals surface area contributed by atoms with Gasteiger partial charge in [0.2, 0.25) is 0 Å². The number of aliphatic hydroxyl groups is 1. The summed E-state index contributed by atoms with van der Waals surface area (Å²) in [5.74, 6) is -0.484. The highest BCUT2D eigenvalue weighted by molar-refractivity contribution is 9.09. The average Bonchev–Trinajstić information content (AvgIpc) is 2.69. The van der Waals surface area contributed by atoms with Crippen molar-refractivity contribution in [2.45, 2.75) is 30.5 Å². The van der Waals surface area contributed by atoms with Crippen LogP contribution in [0.25, 0.3) is 0 Å². The highest BCUT2D eigenvalue weighted by Gasteiger charge is 2.50. The summed E-state index contributed by atoms with van der Waals surface area (Å²) in [5, 5.41) is 12.0. The first-order valence-corrected chi connectivity index (χ1v) is 9.82. The van der Waals surface area contributed by atoms with Gasteiger partial charge in [0.05, 0.1) is 5.56 Å². The number of hydrogen-bond donors (Lipinski definition) is 1. The Bertz CT molecular complexity index is 775. The Hall–Kier alpha value is -1.51. The van der Waals surface area contributed by atoms with Crippen LogP contribution in [0.3, 0.4) is 0 Å². The Balaban J connectivity index is 1.87. The zero-order valence-corrected chi connectivity index (χ0v) is 16.9. The minimum Gasteiger partial charge on any atom is -0.456 e. The summed E-state index contributed by atoms with van der Waals surface area (Å²) < 4.78 is 16.9. The van der Waals surface area contributed by atoms with E-state index >= 15 is 0 Å². The van der Waals surface area contributed by atoms with Crippen molar-refractivity contribution in [1.29, 1.82) is 0 Å². The quantitative estimate of drug-likeness (QED) is 0.423. The number of benzene rings is 1. The predicted octanol–water partition coefficient (Wildman–Crippen LogP) is 3.30. The van der Waals surface area contributed by atoms with Gasteiger partial charge in [-0.1, -0.05) is 51.8 Å². The minimum atomic E-state index is -1.55. The first kappa shape index (κ1) is 20.2. The van der Waals surface area contributed by atoms with E-state index in [1.807, 2.05) is 6.07 Å². The maximum Gasteiger partial charge on any atom is 0.338 e. The molecule has 0 spiro atoms. The van der Waals surface area contributed by atoms with Crippen LogP contribution in [0.4, 0.5) is 0 Å². The van der Waals surface area contributed by atoms with Gasteiger partial charge in [0.1, 0.15) is 23.0 Å². The van der Waals surface area contributed by atoms with Crippen molar-refractivity contribution in [2.24, 2.45) is 0 Å². The number of rotatable bonds is 5. The number of nitrogens with zero attached hydrogens (tertiary/aromatic N) is 1. The largest absolute Gasteiger partial charge is 0.456 e. The summed E-state index contributed by atoms with van der Waals surface area (Å²) in [7, 11) is 1.45. The summed E-state index contributed by atoms with van der Waals surface area (Å²) >= 11 is 9.22. The van der Waals surface area contributed by atoms with Crippen LogP contribution in [0.2, 0.25) is 5.15 Å². The van der Waals surface area contributed by atoms with E-state index in [1.165, 1.54) is 13.3 Å². The Morgan fingerprint density at radius 1 is 1.37 bits per heavy atom. The number of alkyl halides is 1. The molecule has 1 N–H and O–H groups in total. The van der Waals surface area contributed by atoms with E-state index in [0.717, 1.165) is 0 Å². The number of carbonyl (C=O) groups excluding carboxylic acids is 1. The van der Waals surface area contributed by atoms with Crippen molar-refractivity contribution < 1.29 is 24.1 Å². The van der Waals surface area contributed by atoms with Crippen molar-refractivity contribution in [3.8, 4) is 0 Å². The first-order chi connectivity index (χ1) is 13.0. The first-order valence-electron chi connectivity index (χ1n) is 8.32. The van der Waals surface area contributed by atoms with Gasteiger partial charge in [-0.2, -0.15) is 0 Å². The van der Waals surface area contributed by atoms with E-state index in [9.17, 15) is 9.90 Å². The van der Waals surface area contributed by atoms with E-state index in [1.54, 1.807) is 36.4 Å². The number of pyridine rings is 1. The summed E-state index contributed by atoms with van der Waals surface area (Å²) in [4.78, 5) is 16.5. The highest BCUT2D eigenvalue weighted by Crippen LogP contribution is 2.40. The lowest BCUT2D eigenvalue weighted by Gasteiger charge is -2.45. The van der Waals surface area contributed by atoms with E-state index in [-0.39, 0.29) is 6.42 Å². The van der Waals surface area contributed by atoms with E-state index in [0.29, 0.717) is 21.6 Å². The molecule has 2 aromatic rings. The van der Waals surface area contributed by atoms with Gasteiger partial charge >= 0.3 is 5.97 Å². The van der Waals surface area contributed by atoms with Crippen LogP contribution < -0.4 is 0 Å². The zero-order valence-electron chi connectivity index (χ0n) is 14.5. The molecule has 27 heavy (non-hydrogen) atoms. The average molecular weight is 457 g/mol. The molecule has 6 nitrogen and oxygen atoms in total. The van der Waals surface area contributed by atoms with Crippen LogP contribution >= 0.6 is 27.5 Å². The van der Waals surface area contributed by atoms with Crippen LogP contribution in [0.15, 0.2) is 48.7 Å². The smallest absolute Gasteiger partial charge is 0.338 e. The van der Waals surface area contributed by atoms with Gasteiger partial charge in [-0.25, -0.2) is 9.78 Å². The summed E-state index contributed by atoms with van der Waals surface area (Å²) in [6.45, 7) is 0. The summed E-state index contributed by atoms with van der Waals surface area (Å²) in [6.07, 6.45) is -0.576. The molecule has 0 radical (unpaired) electrons. The zero-order chi connectivity index (χ0) is 19.4. The van der Waals surface area contributed by atoms with E-state index < -0.39 is 30.1 Å².